The van der Waals surface area contributed by atoms with Crippen LogP contribution in [0.4, 0.5) is 5.69 Å². The smallest absolute Gasteiger partial charge is 0.231 e. The fourth-order valence-corrected chi connectivity index (χ4v) is 3.10. The lowest BCUT2D eigenvalue weighted by Crippen LogP contribution is -2.32. The number of anilines is 1. The van der Waals surface area contributed by atoms with Crippen molar-refractivity contribution in [3.05, 3.63) is 47.0 Å². The third-order valence-electron chi connectivity index (χ3n) is 4.11. The van der Waals surface area contributed by atoms with Crippen molar-refractivity contribution < 1.29 is 19.0 Å². The highest BCUT2D eigenvalue weighted by atomic mass is 35.5. The molecular weight excluding hydrogens is 354 g/mol. The standard InChI is InChI=1S/C20H22ClNO4/c1-3-24-18-8-6-16(11-19(18)25-4-2)22-20(23)14-9-13-10-15(21)5-7-17(13)26-12-14/h5-8,10-11,14H,3-4,9,12H2,1-2H3,(H,22,23). The Morgan fingerprint density at radius 2 is 1.92 bits per heavy atom. The Morgan fingerprint density at radius 3 is 2.69 bits per heavy atom. The molecule has 0 aromatic heterocycles. The summed E-state index contributed by atoms with van der Waals surface area (Å²) in [5.41, 5.74) is 1.62. The van der Waals surface area contributed by atoms with E-state index in [0.29, 0.717) is 48.5 Å². The zero-order valence-corrected chi connectivity index (χ0v) is 15.6. The number of fused-ring (bicyclic) bond motifs is 1. The van der Waals surface area contributed by atoms with E-state index in [1.165, 1.54) is 0 Å². The van der Waals surface area contributed by atoms with Crippen LogP contribution in [0.2, 0.25) is 5.02 Å². The minimum absolute atomic E-state index is 0.0952. The predicted molar refractivity (Wildman–Crippen MR) is 102 cm³/mol. The van der Waals surface area contributed by atoms with Crippen molar-refractivity contribution in [1.82, 2.24) is 0 Å². The molecule has 1 aliphatic rings. The summed E-state index contributed by atoms with van der Waals surface area (Å²) in [6.45, 7) is 5.23. The van der Waals surface area contributed by atoms with E-state index in [1.54, 1.807) is 24.3 Å². The molecule has 0 spiro atoms. The Labute approximate surface area is 158 Å². The molecule has 0 saturated heterocycles. The SMILES string of the molecule is CCOc1ccc(NC(=O)C2COc3ccc(Cl)cc3C2)cc1OCC. The first-order valence-corrected chi connectivity index (χ1v) is 9.10. The molecule has 5 nitrogen and oxygen atoms in total. The summed E-state index contributed by atoms with van der Waals surface area (Å²) in [6.07, 6.45) is 0.594. The Bertz CT molecular complexity index is 793. The van der Waals surface area contributed by atoms with E-state index in [0.717, 1.165) is 11.3 Å². The van der Waals surface area contributed by atoms with Crippen LogP contribution in [0.3, 0.4) is 0 Å². The number of hydrogen-bond donors (Lipinski definition) is 1. The van der Waals surface area contributed by atoms with Crippen LogP contribution in [0, 0.1) is 5.92 Å². The summed E-state index contributed by atoms with van der Waals surface area (Å²) in [5, 5.41) is 3.58. The van der Waals surface area contributed by atoms with Gasteiger partial charge in [-0.15, -0.1) is 0 Å². The second kappa shape index (κ2) is 8.32. The summed E-state index contributed by atoms with van der Waals surface area (Å²) in [4.78, 5) is 12.6. The fraction of sp³-hybridized carbons (Fsp3) is 0.350. The molecule has 1 atom stereocenters. The Morgan fingerprint density at radius 1 is 1.15 bits per heavy atom. The van der Waals surface area contributed by atoms with Crippen LogP contribution >= 0.6 is 11.6 Å². The van der Waals surface area contributed by atoms with Crippen LogP contribution in [0.15, 0.2) is 36.4 Å². The summed E-state index contributed by atoms with van der Waals surface area (Å²) in [7, 11) is 0. The largest absolute Gasteiger partial charge is 0.492 e. The van der Waals surface area contributed by atoms with Crippen molar-refractivity contribution in [2.75, 3.05) is 25.1 Å². The number of rotatable bonds is 6. The number of amides is 1. The molecule has 1 aliphatic heterocycles. The zero-order chi connectivity index (χ0) is 18.5. The third-order valence-corrected chi connectivity index (χ3v) is 4.35. The Hall–Kier alpha value is -2.40. The van der Waals surface area contributed by atoms with Crippen LogP contribution in [0.1, 0.15) is 19.4 Å². The number of ether oxygens (including phenoxy) is 3. The molecule has 0 saturated carbocycles. The Balaban J connectivity index is 1.71. The highest BCUT2D eigenvalue weighted by Gasteiger charge is 2.26. The lowest BCUT2D eigenvalue weighted by Gasteiger charge is -2.25. The highest BCUT2D eigenvalue weighted by molar-refractivity contribution is 6.30. The zero-order valence-electron chi connectivity index (χ0n) is 14.9. The van der Waals surface area contributed by atoms with Crippen molar-refractivity contribution in [2.24, 2.45) is 5.92 Å². The number of hydrogen-bond acceptors (Lipinski definition) is 4. The molecule has 0 fully saturated rings. The molecule has 0 radical (unpaired) electrons. The van der Waals surface area contributed by atoms with Gasteiger partial charge in [0.05, 0.1) is 19.1 Å². The average Bonchev–Trinajstić information content (AvgIpc) is 2.63. The van der Waals surface area contributed by atoms with Gasteiger partial charge in [-0.05, 0) is 56.2 Å². The van der Waals surface area contributed by atoms with Crippen LogP contribution in [-0.2, 0) is 11.2 Å². The molecule has 0 bridgehead atoms. The van der Waals surface area contributed by atoms with Crippen LogP contribution in [0.5, 0.6) is 17.2 Å². The molecule has 2 aromatic carbocycles. The van der Waals surface area contributed by atoms with Crippen LogP contribution in [0.25, 0.3) is 0 Å². The van der Waals surface area contributed by atoms with E-state index in [1.807, 2.05) is 26.0 Å². The second-order valence-corrected chi connectivity index (χ2v) is 6.42. The quantitative estimate of drug-likeness (QED) is 0.816. The van der Waals surface area contributed by atoms with Gasteiger partial charge in [0.25, 0.3) is 0 Å². The van der Waals surface area contributed by atoms with E-state index in [4.69, 9.17) is 25.8 Å². The van der Waals surface area contributed by atoms with Gasteiger partial charge in [0.2, 0.25) is 5.91 Å². The first kappa shape index (κ1) is 18.4. The van der Waals surface area contributed by atoms with Crippen molar-refractivity contribution >= 4 is 23.2 Å². The van der Waals surface area contributed by atoms with Gasteiger partial charge in [-0.3, -0.25) is 4.79 Å². The van der Waals surface area contributed by atoms with Crippen LogP contribution < -0.4 is 19.5 Å². The second-order valence-electron chi connectivity index (χ2n) is 5.98. The summed E-state index contributed by atoms with van der Waals surface area (Å²) < 4.78 is 16.8. The molecule has 26 heavy (non-hydrogen) atoms. The van der Waals surface area contributed by atoms with E-state index in [2.05, 4.69) is 5.32 Å². The van der Waals surface area contributed by atoms with Crippen molar-refractivity contribution in [1.29, 1.82) is 0 Å². The van der Waals surface area contributed by atoms with Gasteiger partial charge in [-0.2, -0.15) is 0 Å². The maximum absolute atomic E-state index is 12.6. The maximum atomic E-state index is 12.6. The summed E-state index contributed by atoms with van der Waals surface area (Å²) in [6, 6.07) is 10.9. The molecule has 0 aliphatic carbocycles. The van der Waals surface area contributed by atoms with Gasteiger partial charge in [-0.25, -0.2) is 0 Å². The first-order chi connectivity index (χ1) is 12.6. The molecule has 1 N–H and O–H groups in total. The molecule has 1 unspecified atom stereocenters. The third kappa shape index (κ3) is 4.22. The monoisotopic (exact) mass is 375 g/mol. The Kier molecular flexibility index (Phi) is 5.89. The number of nitrogens with one attached hydrogen (secondary N) is 1. The molecule has 138 valence electrons. The van der Waals surface area contributed by atoms with Crippen molar-refractivity contribution in [3.63, 3.8) is 0 Å². The minimum atomic E-state index is -0.275. The molecule has 6 heteroatoms. The molecular formula is C20H22ClNO4. The molecule has 1 heterocycles. The molecule has 3 rings (SSSR count). The van der Waals surface area contributed by atoms with E-state index >= 15 is 0 Å². The van der Waals surface area contributed by atoms with E-state index < -0.39 is 0 Å². The van der Waals surface area contributed by atoms with E-state index in [-0.39, 0.29) is 11.8 Å². The number of carbonyl (C=O) groups is 1. The lowest BCUT2D eigenvalue weighted by molar-refractivity contribution is -0.121. The number of carbonyl (C=O) groups excluding carboxylic acids is 1. The van der Waals surface area contributed by atoms with Crippen LogP contribution in [-0.4, -0.2) is 25.7 Å². The highest BCUT2D eigenvalue weighted by Crippen LogP contribution is 2.32. The van der Waals surface area contributed by atoms with Crippen molar-refractivity contribution in [2.45, 2.75) is 20.3 Å². The first-order valence-electron chi connectivity index (χ1n) is 8.72. The lowest BCUT2D eigenvalue weighted by atomic mass is 9.96. The number of benzene rings is 2. The van der Waals surface area contributed by atoms with Gasteiger partial charge in [0, 0.05) is 16.8 Å². The summed E-state index contributed by atoms with van der Waals surface area (Å²) >= 11 is 6.04. The van der Waals surface area contributed by atoms with Gasteiger partial charge in [0.1, 0.15) is 12.4 Å². The molecule has 2 aromatic rings. The maximum Gasteiger partial charge on any atom is 0.231 e. The van der Waals surface area contributed by atoms with Gasteiger partial charge < -0.3 is 19.5 Å². The fourth-order valence-electron chi connectivity index (χ4n) is 2.90. The van der Waals surface area contributed by atoms with Gasteiger partial charge in [-0.1, -0.05) is 11.6 Å². The predicted octanol–water partition coefficient (Wildman–Crippen LogP) is 4.33. The number of halogens is 1. The molecule has 1 amide bonds. The normalized spacial score (nSPS) is 15.6. The average molecular weight is 376 g/mol. The minimum Gasteiger partial charge on any atom is -0.492 e. The topological polar surface area (TPSA) is 56.8 Å². The van der Waals surface area contributed by atoms with Gasteiger partial charge >= 0.3 is 0 Å². The van der Waals surface area contributed by atoms with E-state index in [9.17, 15) is 4.79 Å². The summed E-state index contributed by atoms with van der Waals surface area (Å²) in [5.74, 6) is 1.70. The van der Waals surface area contributed by atoms with Gasteiger partial charge in [0.15, 0.2) is 11.5 Å². The van der Waals surface area contributed by atoms with Crippen molar-refractivity contribution in [3.8, 4) is 17.2 Å².